The summed E-state index contributed by atoms with van der Waals surface area (Å²) >= 11 is 3.08. The molecule has 0 atom stereocenters. The molecular formula is C15H12N4OS2. The van der Waals surface area contributed by atoms with Gasteiger partial charge in [-0.15, -0.1) is 23.1 Å². The Morgan fingerprint density at radius 3 is 2.73 bits per heavy atom. The number of benzene rings is 1. The van der Waals surface area contributed by atoms with E-state index in [4.69, 9.17) is 0 Å². The molecule has 0 aliphatic heterocycles. The van der Waals surface area contributed by atoms with Gasteiger partial charge >= 0.3 is 0 Å². The molecule has 0 fully saturated rings. The van der Waals surface area contributed by atoms with Crippen LogP contribution in [0.2, 0.25) is 0 Å². The molecule has 1 aromatic carbocycles. The van der Waals surface area contributed by atoms with Gasteiger partial charge in [0.25, 0.3) is 5.91 Å². The highest BCUT2D eigenvalue weighted by atomic mass is 32.2. The van der Waals surface area contributed by atoms with Crippen LogP contribution < -0.4 is 5.32 Å². The van der Waals surface area contributed by atoms with Crippen molar-refractivity contribution in [1.29, 1.82) is 0 Å². The van der Waals surface area contributed by atoms with Gasteiger partial charge in [0.1, 0.15) is 5.69 Å². The zero-order valence-electron chi connectivity index (χ0n) is 11.7. The molecule has 0 aliphatic rings. The van der Waals surface area contributed by atoms with Gasteiger partial charge in [-0.2, -0.15) is 0 Å². The number of nitrogens with zero attached hydrogens (tertiary/aromatic N) is 3. The predicted octanol–water partition coefficient (Wildman–Crippen LogP) is 3.57. The second-order valence-electron chi connectivity index (χ2n) is 4.31. The van der Waals surface area contributed by atoms with E-state index in [-0.39, 0.29) is 11.6 Å². The van der Waals surface area contributed by atoms with Gasteiger partial charge in [0.15, 0.2) is 5.13 Å². The smallest absolute Gasteiger partial charge is 0.277 e. The zero-order chi connectivity index (χ0) is 15.4. The zero-order valence-corrected chi connectivity index (χ0v) is 13.3. The van der Waals surface area contributed by atoms with Crippen molar-refractivity contribution < 1.29 is 4.79 Å². The van der Waals surface area contributed by atoms with E-state index in [1.165, 1.54) is 34.8 Å². The minimum absolute atomic E-state index is 0.267. The van der Waals surface area contributed by atoms with Gasteiger partial charge in [0.05, 0.1) is 11.9 Å². The lowest BCUT2D eigenvalue weighted by Crippen LogP contribution is -2.13. The van der Waals surface area contributed by atoms with Gasteiger partial charge in [-0.1, -0.05) is 12.1 Å². The Morgan fingerprint density at radius 1 is 1.23 bits per heavy atom. The Labute approximate surface area is 135 Å². The Bertz CT molecular complexity index is 772. The fraction of sp³-hybridized carbons (Fsp3) is 0.0667. The van der Waals surface area contributed by atoms with Gasteiger partial charge in [-0.05, 0) is 18.4 Å². The van der Waals surface area contributed by atoms with Crippen molar-refractivity contribution in [3.63, 3.8) is 0 Å². The molecule has 5 nitrogen and oxygen atoms in total. The Morgan fingerprint density at radius 2 is 2.05 bits per heavy atom. The summed E-state index contributed by atoms with van der Waals surface area (Å²) in [6.45, 7) is 0. The first-order valence-electron chi connectivity index (χ1n) is 6.43. The highest BCUT2D eigenvalue weighted by Gasteiger charge is 2.11. The van der Waals surface area contributed by atoms with E-state index < -0.39 is 0 Å². The number of aromatic nitrogens is 3. The van der Waals surface area contributed by atoms with Crippen molar-refractivity contribution in [2.45, 2.75) is 4.90 Å². The first-order valence-corrected chi connectivity index (χ1v) is 8.54. The van der Waals surface area contributed by atoms with Crippen LogP contribution in [0, 0.1) is 0 Å². The molecule has 0 bridgehead atoms. The van der Waals surface area contributed by atoms with Crippen LogP contribution in [-0.2, 0) is 0 Å². The van der Waals surface area contributed by atoms with E-state index in [1.807, 2.05) is 23.8 Å². The third-order valence-corrected chi connectivity index (χ3v) is 4.41. The quantitative estimate of drug-likeness (QED) is 0.742. The summed E-state index contributed by atoms with van der Waals surface area (Å²) in [7, 11) is 0. The molecule has 2 heterocycles. The number of nitrogens with one attached hydrogen (secondary N) is 1. The minimum atomic E-state index is -0.313. The number of hydrogen-bond acceptors (Lipinski definition) is 6. The Kier molecular flexibility index (Phi) is 4.45. The highest BCUT2D eigenvalue weighted by molar-refractivity contribution is 7.98. The van der Waals surface area contributed by atoms with Crippen molar-refractivity contribution in [1.82, 2.24) is 15.0 Å². The van der Waals surface area contributed by atoms with Crippen molar-refractivity contribution in [2.75, 3.05) is 11.6 Å². The number of hydrogen-bond donors (Lipinski definition) is 1. The largest absolute Gasteiger partial charge is 0.296 e. The maximum absolute atomic E-state index is 12.0. The van der Waals surface area contributed by atoms with Crippen LogP contribution in [0.4, 0.5) is 5.13 Å². The van der Waals surface area contributed by atoms with Gasteiger partial charge in [0.2, 0.25) is 0 Å². The summed E-state index contributed by atoms with van der Waals surface area (Å²) in [6.07, 6.45) is 6.47. The SMILES string of the molecule is CSc1ccc(-c2csc(NC(=O)c3cnccn3)n2)cc1. The van der Waals surface area contributed by atoms with Gasteiger partial charge in [0, 0.05) is 28.2 Å². The molecule has 2 aromatic heterocycles. The summed E-state index contributed by atoms with van der Waals surface area (Å²) in [5.74, 6) is -0.313. The lowest BCUT2D eigenvalue weighted by Gasteiger charge is -2.00. The van der Waals surface area contributed by atoms with E-state index in [1.54, 1.807) is 11.8 Å². The number of carbonyl (C=O) groups excluding carboxylic acids is 1. The van der Waals surface area contributed by atoms with E-state index in [0.29, 0.717) is 5.13 Å². The summed E-state index contributed by atoms with van der Waals surface area (Å²) < 4.78 is 0. The number of rotatable bonds is 4. The van der Waals surface area contributed by atoms with E-state index in [2.05, 4.69) is 32.4 Å². The maximum Gasteiger partial charge on any atom is 0.277 e. The number of anilines is 1. The standard InChI is InChI=1S/C15H12N4OS2/c1-21-11-4-2-10(3-5-11)13-9-22-15(18-13)19-14(20)12-8-16-6-7-17-12/h2-9H,1H3,(H,18,19,20). The molecule has 3 rings (SSSR count). The van der Waals surface area contributed by atoms with Crippen molar-refractivity contribution >= 4 is 34.1 Å². The molecule has 0 aliphatic carbocycles. The first kappa shape index (κ1) is 14.7. The number of thiazole rings is 1. The molecule has 0 unspecified atom stereocenters. The molecule has 3 aromatic rings. The van der Waals surface area contributed by atoms with Crippen LogP contribution in [0.3, 0.4) is 0 Å². The third kappa shape index (κ3) is 3.32. The first-order chi connectivity index (χ1) is 10.8. The summed E-state index contributed by atoms with van der Waals surface area (Å²) in [6, 6.07) is 8.15. The van der Waals surface area contributed by atoms with Crippen LogP contribution >= 0.6 is 23.1 Å². The maximum atomic E-state index is 12.0. The Hall–Kier alpha value is -2.25. The number of thioether (sulfide) groups is 1. The summed E-state index contributed by atoms with van der Waals surface area (Å²) in [5.41, 5.74) is 2.13. The van der Waals surface area contributed by atoms with Crippen molar-refractivity contribution in [3.05, 3.63) is 53.9 Å². The number of amides is 1. The van der Waals surface area contributed by atoms with Crippen LogP contribution in [-0.4, -0.2) is 27.1 Å². The fourth-order valence-corrected chi connectivity index (χ4v) is 2.93. The average molecular weight is 328 g/mol. The van der Waals surface area contributed by atoms with Crippen LogP contribution in [0.15, 0.2) is 53.1 Å². The average Bonchev–Trinajstić information content (AvgIpc) is 3.04. The van der Waals surface area contributed by atoms with E-state index >= 15 is 0 Å². The van der Waals surface area contributed by atoms with E-state index in [9.17, 15) is 4.79 Å². The fourth-order valence-electron chi connectivity index (χ4n) is 1.80. The second-order valence-corrected chi connectivity index (χ2v) is 6.05. The van der Waals surface area contributed by atoms with Crippen molar-refractivity contribution in [3.8, 4) is 11.3 Å². The molecule has 1 amide bonds. The molecule has 0 saturated carbocycles. The second kappa shape index (κ2) is 6.67. The molecule has 7 heteroatoms. The Balaban J connectivity index is 1.74. The number of carbonyl (C=O) groups is 1. The van der Waals surface area contributed by atoms with E-state index in [0.717, 1.165) is 11.3 Å². The normalized spacial score (nSPS) is 10.4. The molecular weight excluding hydrogens is 316 g/mol. The molecule has 110 valence electrons. The van der Waals surface area contributed by atoms with Crippen LogP contribution in [0.1, 0.15) is 10.5 Å². The van der Waals surface area contributed by atoms with Gasteiger partial charge < -0.3 is 0 Å². The van der Waals surface area contributed by atoms with Crippen LogP contribution in [0.25, 0.3) is 11.3 Å². The molecule has 0 spiro atoms. The summed E-state index contributed by atoms with van der Waals surface area (Å²) in [4.78, 5) is 25.5. The molecule has 22 heavy (non-hydrogen) atoms. The van der Waals surface area contributed by atoms with Crippen LogP contribution in [0.5, 0.6) is 0 Å². The minimum Gasteiger partial charge on any atom is -0.296 e. The predicted molar refractivity (Wildman–Crippen MR) is 89.3 cm³/mol. The molecule has 0 radical (unpaired) electrons. The topological polar surface area (TPSA) is 67.8 Å². The lowest BCUT2D eigenvalue weighted by atomic mass is 10.2. The van der Waals surface area contributed by atoms with Gasteiger partial charge in [-0.3, -0.25) is 15.1 Å². The van der Waals surface area contributed by atoms with Gasteiger partial charge in [-0.25, -0.2) is 9.97 Å². The third-order valence-electron chi connectivity index (χ3n) is 2.91. The molecule has 0 saturated heterocycles. The van der Waals surface area contributed by atoms with Crippen molar-refractivity contribution in [2.24, 2.45) is 0 Å². The lowest BCUT2D eigenvalue weighted by molar-refractivity contribution is 0.102. The highest BCUT2D eigenvalue weighted by Crippen LogP contribution is 2.26. The monoisotopic (exact) mass is 328 g/mol. The molecule has 1 N–H and O–H groups in total. The summed E-state index contributed by atoms with van der Waals surface area (Å²) in [5, 5.41) is 5.19.